The molecule has 0 spiro atoms. The van der Waals surface area contributed by atoms with Crippen LogP contribution in [0.2, 0.25) is 0 Å². The van der Waals surface area contributed by atoms with Crippen LogP contribution in [0.1, 0.15) is 0 Å². The van der Waals surface area contributed by atoms with Crippen LogP contribution in [0.4, 0.5) is 0 Å². The van der Waals surface area contributed by atoms with E-state index in [4.69, 9.17) is 19.4 Å². The molecule has 0 N–H and O–H groups in total. The van der Waals surface area contributed by atoms with Gasteiger partial charge >= 0.3 is 0 Å². The molecule has 12 aromatic rings. The number of furan rings is 1. The Morgan fingerprint density at radius 1 is 0.323 bits per heavy atom. The van der Waals surface area contributed by atoms with Crippen molar-refractivity contribution >= 4 is 43.7 Å². The van der Waals surface area contributed by atoms with Crippen molar-refractivity contribution in [3.05, 3.63) is 218 Å². The number of hydrogen-bond donors (Lipinski definition) is 0. The third kappa shape index (κ3) is 5.98. The molecule has 0 unspecified atom stereocenters. The summed E-state index contributed by atoms with van der Waals surface area (Å²) in [5.41, 5.74) is 13.9. The zero-order valence-corrected chi connectivity index (χ0v) is 33.5. The fourth-order valence-electron chi connectivity index (χ4n) is 8.99. The van der Waals surface area contributed by atoms with E-state index in [2.05, 4.69) is 174 Å². The third-order valence-corrected chi connectivity index (χ3v) is 11.9. The minimum Gasteiger partial charge on any atom is -0.455 e. The lowest BCUT2D eigenvalue weighted by Crippen LogP contribution is -2.03. The van der Waals surface area contributed by atoms with Crippen LogP contribution < -0.4 is 0 Å². The Hall–Kier alpha value is -8.41. The first-order valence-corrected chi connectivity index (χ1v) is 20.9. The maximum absolute atomic E-state index is 6.91. The van der Waals surface area contributed by atoms with E-state index in [0.29, 0.717) is 17.5 Å². The van der Waals surface area contributed by atoms with Crippen LogP contribution in [-0.2, 0) is 0 Å². The maximum atomic E-state index is 6.91. The zero-order valence-electron chi connectivity index (χ0n) is 33.5. The van der Waals surface area contributed by atoms with Crippen molar-refractivity contribution in [3.63, 3.8) is 0 Å². The van der Waals surface area contributed by atoms with E-state index >= 15 is 0 Å². The van der Waals surface area contributed by atoms with Crippen molar-refractivity contribution in [2.24, 2.45) is 0 Å². The Morgan fingerprint density at radius 2 is 0.806 bits per heavy atom. The number of benzene rings is 9. The minimum atomic E-state index is 0.571. The predicted octanol–water partition coefficient (Wildman–Crippen LogP) is 14.9. The number of hydrogen-bond acceptors (Lipinski definition) is 4. The molecule has 0 bridgehead atoms. The first-order valence-electron chi connectivity index (χ1n) is 20.9. The van der Waals surface area contributed by atoms with E-state index in [1.165, 1.54) is 16.3 Å². The highest BCUT2D eigenvalue weighted by Gasteiger charge is 2.24. The summed E-state index contributed by atoms with van der Waals surface area (Å²) >= 11 is 0. The van der Waals surface area contributed by atoms with E-state index in [1.807, 2.05) is 48.5 Å². The minimum absolute atomic E-state index is 0.571. The molecule has 0 atom stereocenters. The van der Waals surface area contributed by atoms with Gasteiger partial charge in [0.05, 0.1) is 11.0 Å². The second-order valence-corrected chi connectivity index (χ2v) is 15.5. The van der Waals surface area contributed by atoms with Crippen LogP contribution >= 0.6 is 0 Å². The highest BCUT2D eigenvalue weighted by atomic mass is 16.3. The lowest BCUT2D eigenvalue weighted by molar-refractivity contribution is 0.670. The molecule has 0 aliphatic carbocycles. The van der Waals surface area contributed by atoms with E-state index in [1.54, 1.807) is 0 Å². The zero-order chi connectivity index (χ0) is 41.0. The molecule has 62 heavy (non-hydrogen) atoms. The fourth-order valence-corrected chi connectivity index (χ4v) is 8.99. The number of rotatable bonds is 7. The predicted molar refractivity (Wildman–Crippen MR) is 254 cm³/mol. The molecule has 0 amide bonds. The molecule has 0 aliphatic rings. The molecule has 0 saturated heterocycles. The lowest BCUT2D eigenvalue weighted by Gasteiger charge is -2.18. The Labute approximate surface area is 357 Å². The topological polar surface area (TPSA) is 56.7 Å². The first kappa shape index (κ1) is 35.5. The van der Waals surface area contributed by atoms with Crippen molar-refractivity contribution in [3.8, 4) is 73.2 Å². The van der Waals surface area contributed by atoms with E-state index in [9.17, 15) is 0 Å². The number of aromatic nitrogens is 4. The molecule has 0 aliphatic heterocycles. The van der Waals surface area contributed by atoms with Crippen molar-refractivity contribution in [2.75, 3.05) is 0 Å². The fraction of sp³-hybridized carbons (Fsp3) is 0. The Balaban J connectivity index is 1.18. The molecule has 5 heteroatoms. The smallest absolute Gasteiger partial charge is 0.165 e. The summed E-state index contributed by atoms with van der Waals surface area (Å²) in [6, 6.07) is 76.3. The average Bonchev–Trinajstić information content (AvgIpc) is 3.90. The molecule has 9 aromatic carbocycles. The lowest BCUT2D eigenvalue weighted by atomic mass is 9.89. The second-order valence-electron chi connectivity index (χ2n) is 15.5. The van der Waals surface area contributed by atoms with Crippen molar-refractivity contribution < 1.29 is 4.42 Å². The van der Waals surface area contributed by atoms with Crippen LogP contribution in [0.3, 0.4) is 0 Å². The largest absolute Gasteiger partial charge is 0.455 e. The van der Waals surface area contributed by atoms with Gasteiger partial charge in [-0.05, 0) is 58.1 Å². The van der Waals surface area contributed by atoms with E-state index in [-0.39, 0.29) is 0 Å². The van der Waals surface area contributed by atoms with Crippen LogP contribution in [0, 0.1) is 0 Å². The summed E-state index contributed by atoms with van der Waals surface area (Å²) in [5, 5.41) is 4.49. The van der Waals surface area contributed by atoms with Crippen molar-refractivity contribution in [2.45, 2.75) is 0 Å². The third-order valence-electron chi connectivity index (χ3n) is 11.9. The Morgan fingerprint density at radius 3 is 1.44 bits per heavy atom. The standard InChI is InChI=1S/C57H36N4O/c1-4-17-37(18-5-1)38-31-33-39(34-32-38)43-26-16-27-47(53(43)57-59-55(40-19-6-2-7-20-40)58-56(60-57)41-21-8-3-9-22-41)49-36-42(35-48-46-25-12-15-30-52(46)62-54(48)49)61-50-28-13-10-23-44(50)45-24-11-14-29-51(45)61/h1-36H. The molecule has 5 nitrogen and oxygen atoms in total. The quantitative estimate of drug-likeness (QED) is 0.161. The van der Waals surface area contributed by atoms with Crippen LogP contribution in [0.25, 0.3) is 117 Å². The molecule has 290 valence electrons. The molecular formula is C57H36N4O. The Bertz CT molecular complexity index is 3500. The number of para-hydroxylation sites is 3. The van der Waals surface area contributed by atoms with Gasteiger partial charge < -0.3 is 8.98 Å². The van der Waals surface area contributed by atoms with Crippen molar-refractivity contribution in [1.82, 2.24) is 19.5 Å². The molecular weight excluding hydrogens is 757 g/mol. The second kappa shape index (κ2) is 14.7. The molecule has 0 fully saturated rings. The van der Waals surface area contributed by atoms with Gasteiger partial charge in [0, 0.05) is 49.5 Å². The van der Waals surface area contributed by atoms with Gasteiger partial charge in [-0.15, -0.1) is 0 Å². The average molecular weight is 793 g/mol. The van der Waals surface area contributed by atoms with Gasteiger partial charge in [-0.25, -0.2) is 15.0 Å². The van der Waals surface area contributed by atoms with E-state index in [0.717, 1.165) is 83.2 Å². The normalized spacial score (nSPS) is 11.5. The summed E-state index contributed by atoms with van der Waals surface area (Å²) in [6.45, 7) is 0. The summed E-state index contributed by atoms with van der Waals surface area (Å²) in [7, 11) is 0. The van der Waals surface area contributed by atoms with Crippen LogP contribution in [0.15, 0.2) is 223 Å². The molecule has 0 radical (unpaired) electrons. The van der Waals surface area contributed by atoms with Gasteiger partial charge in [0.2, 0.25) is 0 Å². The summed E-state index contributed by atoms with van der Waals surface area (Å²) in [5.74, 6) is 1.77. The van der Waals surface area contributed by atoms with Crippen LogP contribution in [-0.4, -0.2) is 19.5 Å². The molecule has 12 rings (SSSR count). The summed E-state index contributed by atoms with van der Waals surface area (Å²) < 4.78 is 9.29. The van der Waals surface area contributed by atoms with Gasteiger partial charge in [-0.1, -0.05) is 188 Å². The van der Waals surface area contributed by atoms with Gasteiger partial charge in [0.15, 0.2) is 17.5 Å². The van der Waals surface area contributed by atoms with Gasteiger partial charge in [0.25, 0.3) is 0 Å². The highest BCUT2D eigenvalue weighted by Crippen LogP contribution is 2.46. The summed E-state index contributed by atoms with van der Waals surface area (Å²) in [4.78, 5) is 15.8. The first-order chi connectivity index (χ1) is 30.7. The SMILES string of the molecule is c1ccc(-c2ccc(-c3cccc(-c4cc(-n5c6ccccc6c6ccccc65)cc5c4oc4ccccc45)c3-c3nc(-c4ccccc4)nc(-c4ccccc4)n3)cc2)cc1. The van der Waals surface area contributed by atoms with E-state index < -0.39 is 0 Å². The maximum Gasteiger partial charge on any atom is 0.165 e. The Kier molecular flexibility index (Phi) is 8.42. The number of nitrogens with zero attached hydrogens (tertiary/aromatic N) is 4. The van der Waals surface area contributed by atoms with Gasteiger partial charge in [-0.3, -0.25) is 0 Å². The van der Waals surface area contributed by atoms with Crippen LogP contribution in [0.5, 0.6) is 0 Å². The monoisotopic (exact) mass is 792 g/mol. The summed E-state index contributed by atoms with van der Waals surface area (Å²) in [6.07, 6.45) is 0. The van der Waals surface area contributed by atoms with Gasteiger partial charge in [0.1, 0.15) is 11.2 Å². The molecule has 3 heterocycles. The van der Waals surface area contributed by atoms with Gasteiger partial charge in [-0.2, -0.15) is 0 Å². The molecule has 0 saturated carbocycles. The number of fused-ring (bicyclic) bond motifs is 6. The van der Waals surface area contributed by atoms with Crippen molar-refractivity contribution in [1.29, 1.82) is 0 Å². The highest BCUT2D eigenvalue weighted by molar-refractivity contribution is 6.14. The molecule has 3 aromatic heterocycles.